The molecule has 1 aliphatic heterocycles. The number of nitrogens with zero attached hydrogens (tertiary/aromatic N) is 2. The van der Waals surface area contributed by atoms with Gasteiger partial charge in [0.25, 0.3) is 5.91 Å². The van der Waals surface area contributed by atoms with Crippen molar-refractivity contribution >= 4 is 28.8 Å². The Morgan fingerprint density at radius 2 is 2.19 bits per heavy atom. The highest BCUT2D eigenvalue weighted by atomic mass is 35.5. The molecule has 0 N–H and O–H groups in total. The molecule has 1 saturated heterocycles. The zero-order valence-electron chi connectivity index (χ0n) is 11.7. The summed E-state index contributed by atoms with van der Waals surface area (Å²) in [5.74, 6) is 0.622. The number of carbonyl (C=O) groups excluding carboxylic acids is 1. The fourth-order valence-corrected chi connectivity index (χ4v) is 3.65. The van der Waals surface area contributed by atoms with E-state index in [1.165, 1.54) is 11.4 Å². The third-order valence-electron chi connectivity index (χ3n) is 3.84. The van der Waals surface area contributed by atoms with Crippen molar-refractivity contribution in [3.8, 4) is 0 Å². The number of carbonyl (C=O) groups is 1. The summed E-state index contributed by atoms with van der Waals surface area (Å²) in [6.07, 6.45) is 5.06. The van der Waals surface area contributed by atoms with Crippen LogP contribution in [0.5, 0.6) is 0 Å². The van der Waals surface area contributed by atoms with Crippen LogP contribution in [0.3, 0.4) is 0 Å². The van der Waals surface area contributed by atoms with Crippen LogP contribution >= 0.6 is 22.9 Å². The molecule has 3 rings (SSSR count). The molecule has 0 bridgehead atoms. The van der Waals surface area contributed by atoms with Crippen molar-refractivity contribution in [3.63, 3.8) is 0 Å². The second-order valence-electron chi connectivity index (χ2n) is 5.40. The van der Waals surface area contributed by atoms with E-state index < -0.39 is 0 Å². The van der Waals surface area contributed by atoms with Crippen LogP contribution in [0.4, 0.5) is 0 Å². The molecule has 2 heterocycles. The predicted molar refractivity (Wildman–Crippen MR) is 85.9 cm³/mol. The van der Waals surface area contributed by atoms with Crippen molar-refractivity contribution in [3.05, 3.63) is 51.4 Å². The number of rotatable bonds is 3. The van der Waals surface area contributed by atoms with E-state index in [1.807, 2.05) is 16.5 Å². The molecule has 1 amide bonds. The maximum Gasteiger partial charge on any atom is 0.253 e. The number of likely N-dealkylation sites (tertiary alicyclic amines) is 1. The van der Waals surface area contributed by atoms with E-state index in [2.05, 4.69) is 4.98 Å². The number of amides is 1. The van der Waals surface area contributed by atoms with Crippen LogP contribution in [0.2, 0.25) is 5.02 Å². The van der Waals surface area contributed by atoms with Gasteiger partial charge >= 0.3 is 0 Å². The first-order valence-corrected chi connectivity index (χ1v) is 8.41. The van der Waals surface area contributed by atoms with Gasteiger partial charge in [-0.2, -0.15) is 0 Å². The number of benzene rings is 1. The molecule has 0 aliphatic carbocycles. The van der Waals surface area contributed by atoms with Crippen molar-refractivity contribution in [2.45, 2.75) is 19.3 Å². The monoisotopic (exact) mass is 320 g/mol. The zero-order valence-corrected chi connectivity index (χ0v) is 13.2. The van der Waals surface area contributed by atoms with Crippen molar-refractivity contribution in [2.75, 3.05) is 13.1 Å². The van der Waals surface area contributed by atoms with Crippen LogP contribution in [-0.2, 0) is 6.42 Å². The summed E-state index contributed by atoms with van der Waals surface area (Å²) in [7, 11) is 0. The molecule has 1 fully saturated rings. The maximum atomic E-state index is 12.5. The molecule has 1 aromatic carbocycles. The van der Waals surface area contributed by atoms with Crippen LogP contribution in [0.15, 0.2) is 35.8 Å². The van der Waals surface area contributed by atoms with Gasteiger partial charge in [-0.15, -0.1) is 11.3 Å². The van der Waals surface area contributed by atoms with E-state index in [0.29, 0.717) is 16.5 Å². The quantitative estimate of drug-likeness (QED) is 0.859. The molecule has 1 aliphatic rings. The second-order valence-corrected chi connectivity index (χ2v) is 6.81. The lowest BCUT2D eigenvalue weighted by Gasteiger charge is -2.32. The molecular weight excluding hydrogens is 304 g/mol. The summed E-state index contributed by atoms with van der Waals surface area (Å²) < 4.78 is 0. The largest absolute Gasteiger partial charge is 0.338 e. The molecule has 3 nitrogen and oxygen atoms in total. The number of aromatic nitrogens is 1. The lowest BCUT2D eigenvalue weighted by Crippen LogP contribution is -2.40. The number of hydrogen-bond donors (Lipinski definition) is 0. The van der Waals surface area contributed by atoms with Crippen LogP contribution in [0, 0.1) is 5.92 Å². The van der Waals surface area contributed by atoms with Gasteiger partial charge in [-0.05, 0) is 43.0 Å². The molecule has 0 radical (unpaired) electrons. The normalized spacial score (nSPS) is 18.7. The molecule has 21 heavy (non-hydrogen) atoms. The summed E-state index contributed by atoms with van der Waals surface area (Å²) in [6, 6.07) is 7.14. The Morgan fingerprint density at radius 1 is 1.38 bits per heavy atom. The standard InChI is InChI=1S/C16H17ClN2OS/c17-14-5-3-13(4-6-14)16(20)19-8-1-2-12(11-19)10-15-18-7-9-21-15/h3-7,9,12H,1-2,8,10-11H2. The van der Waals surface area contributed by atoms with Crippen LogP contribution < -0.4 is 0 Å². The van der Waals surface area contributed by atoms with E-state index in [-0.39, 0.29) is 5.91 Å². The van der Waals surface area contributed by atoms with Crippen LogP contribution in [0.1, 0.15) is 28.2 Å². The number of piperidine rings is 1. The molecule has 0 saturated carbocycles. The van der Waals surface area contributed by atoms with E-state index >= 15 is 0 Å². The van der Waals surface area contributed by atoms with Gasteiger partial charge in [-0.3, -0.25) is 4.79 Å². The Morgan fingerprint density at radius 3 is 2.90 bits per heavy atom. The second kappa shape index (κ2) is 6.58. The summed E-state index contributed by atoms with van der Waals surface area (Å²) >= 11 is 7.57. The van der Waals surface area contributed by atoms with Gasteiger partial charge in [-0.1, -0.05) is 11.6 Å². The first kappa shape index (κ1) is 14.5. The first-order valence-electron chi connectivity index (χ1n) is 7.15. The number of halogens is 1. The Labute approximate surface area is 133 Å². The summed E-state index contributed by atoms with van der Waals surface area (Å²) in [4.78, 5) is 18.8. The fraction of sp³-hybridized carbons (Fsp3) is 0.375. The van der Waals surface area contributed by atoms with Crippen LogP contribution in [0.25, 0.3) is 0 Å². The van der Waals surface area contributed by atoms with Gasteiger partial charge in [0.2, 0.25) is 0 Å². The van der Waals surface area contributed by atoms with Gasteiger partial charge in [-0.25, -0.2) is 4.98 Å². The molecule has 1 atom stereocenters. The van der Waals surface area contributed by atoms with Gasteiger partial charge < -0.3 is 4.90 Å². The minimum Gasteiger partial charge on any atom is -0.338 e. The smallest absolute Gasteiger partial charge is 0.253 e. The summed E-state index contributed by atoms with van der Waals surface area (Å²) in [5, 5.41) is 3.84. The van der Waals surface area contributed by atoms with Gasteiger partial charge in [0.15, 0.2) is 0 Å². The molecular formula is C16H17ClN2OS. The minimum atomic E-state index is 0.107. The average Bonchev–Trinajstić information content (AvgIpc) is 3.00. The Bertz CT molecular complexity index is 597. The third kappa shape index (κ3) is 3.63. The van der Waals surface area contributed by atoms with Crippen molar-refractivity contribution in [1.82, 2.24) is 9.88 Å². The van der Waals surface area contributed by atoms with Crippen molar-refractivity contribution in [1.29, 1.82) is 0 Å². The molecule has 110 valence electrons. The zero-order chi connectivity index (χ0) is 14.7. The minimum absolute atomic E-state index is 0.107. The van der Waals surface area contributed by atoms with Crippen molar-refractivity contribution < 1.29 is 4.79 Å². The molecule has 1 aromatic heterocycles. The Kier molecular flexibility index (Phi) is 4.56. The van der Waals surface area contributed by atoms with E-state index in [9.17, 15) is 4.79 Å². The predicted octanol–water partition coefficient (Wildman–Crippen LogP) is 3.89. The SMILES string of the molecule is O=C(c1ccc(Cl)cc1)N1CCCC(Cc2nccs2)C1. The maximum absolute atomic E-state index is 12.5. The highest BCUT2D eigenvalue weighted by Crippen LogP contribution is 2.23. The molecule has 5 heteroatoms. The van der Waals surface area contributed by atoms with Crippen LogP contribution in [-0.4, -0.2) is 28.9 Å². The Hall–Kier alpha value is -1.39. The lowest BCUT2D eigenvalue weighted by molar-refractivity contribution is 0.0673. The lowest BCUT2D eigenvalue weighted by atomic mass is 9.94. The summed E-state index contributed by atoms with van der Waals surface area (Å²) in [6.45, 7) is 1.66. The fourth-order valence-electron chi connectivity index (χ4n) is 2.79. The van der Waals surface area contributed by atoms with Gasteiger partial charge in [0.1, 0.15) is 0 Å². The highest BCUT2D eigenvalue weighted by Gasteiger charge is 2.25. The molecule has 2 aromatic rings. The number of hydrogen-bond acceptors (Lipinski definition) is 3. The number of thiazole rings is 1. The summed E-state index contributed by atoms with van der Waals surface area (Å²) in [5.41, 5.74) is 0.717. The van der Waals surface area contributed by atoms with E-state index in [0.717, 1.165) is 25.9 Å². The average molecular weight is 321 g/mol. The molecule has 0 spiro atoms. The highest BCUT2D eigenvalue weighted by molar-refractivity contribution is 7.09. The van der Waals surface area contributed by atoms with E-state index in [4.69, 9.17) is 11.6 Å². The first-order chi connectivity index (χ1) is 10.2. The van der Waals surface area contributed by atoms with E-state index in [1.54, 1.807) is 35.6 Å². The topological polar surface area (TPSA) is 33.2 Å². The third-order valence-corrected chi connectivity index (χ3v) is 4.90. The van der Waals surface area contributed by atoms with Gasteiger partial charge in [0.05, 0.1) is 5.01 Å². The Balaban J connectivity index is 1.65. The molecule has 1 unspecified atom stereocenters. The van der Waals surface area contributed by atoms with Crippen molar-refractivity contribution in [2.24, 2.45) is 5.92 Å². The van der Waals surface area contributed by atoms with Gasteiger partial charge in [0, 0.05) is 41.7 Å².